The van der Waals surface area contributed by atoms with Crippen LogP contribution in [0, 0.1) is 12.3 Å². The number of hydrogen-bond donors (Lipinski definition) is 3. The molecule has 1 aromatic carbocycles. The summed E-state index contributed by atoms with van der Waals surface area (Å²) >= 11 is 0. The van der Waals surface area contributed by atoms with E-state index in [1.165, 1.54) is 0 Å². The summed E-state index contributed by atoms with van der Waals surface area (Å²) in [5.74, 6) is -0.252. The molecule has 1 aromatic rings. The number of carbonyl (C=O) groups is 2. The standard InChI is InChI=1S/C17H25N3O3.ClH/c1-11-5-6-12(9-13(11)20-16(22)17(2,3)4)19-15(21)14-10-18-7-8-23-14;/h5-6,9,14,18H,7-8,10H2,1-4H3,(H,19,21)(H,20,22);1H. The molecule has 1 atom stereocenters. The molecule has 0 radical (unpaired) electrons. The van der Waals surface area contributed by atoms with Gasteiger partial charge in [-0.2, -0.15) is 0 Å². The molecule has 24 heavy (non-hydrogen) atoms. The van der Waals surface area contributed by atoms with Gasteiger partial charge < -0.3 is 20.7 Å². The van der Waals surface area contributed by atoms with Gasteiger partial charge >= 0.3 is 0 Å². The summed E-state index contributed by atoms with van der Waals surface area (Å²) in [7, 11) is 0. The molecular formula is C17H26ClN3O3. The largest absolute Gasteiger partial charge is 0.366 e. The van der Waals surface area contributed by atoms with Gasteiger partial charge in [0.25, 0.3) is 5.91 Å². The number of amides is 2. The van der Waals surface area contributed by atoms with E-state index >= 15 is 0 Å². The van der Waals surface area contributed by atoms with Crippen molar-refractivity contribution in [2.75, 3.05) is 30.3 Å². The molecule has 1 fully saturated rings. The van der Waals surface area contributed by atoms with Crippen molar-refractivity contribution in [1.82, 2.24) is 5.32 Å². The van der Waals surface area contributed by atoms with Crippen LogP contribution in [0.2, 0.25) is 0 Å². The molecule has 2 rings (SSSR count). The third-order valence-electron chi connectivity index (χ3n) is 3.65. The van der Waals surface area contributed by atoms with Crippen LogP contribution < -0.4 is 16.0 Å². The summed E-state index contributed by atoms with van der Waals surface area (Å²) in [5.41, 5.74) is 1.80. The number of rotatable bonds is 3. The highest BCUT2D eigenvalue weighted by Crippen LogP contribution is 2.23. The minimum absolute atomic E-state index is 0. The van der Waals surface area contributed by atoms with Gasteiger partial charge in [0.1, 0.15) is 6.10 Å². The Labute approximate surface area is 149 Å². The summed E-state index contributed by atoms with van der Waals surface area (Å²) in [5, 5.41) is 8.87. The zero-order valence-electron chi connectivity index (χ0n) is 14.6. The van der Waals surface area contributed by atoms with Gasteiger partial charge in [-0.15, -0.1) is 12.4 Å². The minimum atomic E-state index is -0.488. The second-order valence-electron chi connectivity index (χ2n) is 6.79. The lowest BCUT2D eigenvalue weighted by molar-refractivity contribution is -0.128. The Bertz CT molecular complexity index is 593. The van der Waals surface area contributed by atoms with Crippen LogP contribution in [0.5, 0.6) is 0 Å². The van der Waals surface area contributed by atoms with Crippen molar-refractivity contribution in [3.8, 4) is 0 Å². The summed E-state index contributed by atoms with van der Waals surface area (Å²) < 4.78 is 5.43. The van der Waals surface area contributed by atoms with Crippen LogP contribution in [0.4, 0.5) is 11.4 Å². The van der Waals surface area contributed by atoms with E-state index in [0.717, 1.165) is 12.1 Å². The van der Waals surface area contributed by atoms with Crippen LogP contribution in [-0.4, -0.2) is 37.6 Å². The zero-order valence-corrected chi connectivity index (χ0v) is 15.4. The highest BCUT2D eigenvalue weighted by atomic mass is 35.5. The average Bonchev–Trinajstić information content (AvgIpc) is 2.50. The lowest BCUT2D eigenvalue weighted by Crippen LogP contribution is -2.45. The highest BCUT2D eigenvalue weighted by Gasteiger charge is 2.23. The Morgan fingerprint density at radius 1 is 1.25 bits per heavy atom. The van der Waals surface area contributed by atoms with E-state index in [1.54, 1.807) is 6.07 Å². The van der Waals surface area contributed by atoms with Crippen LogP contribution in [0.25, 0.3) is 0 Å². The van der Waals surface area contributed by atoms with Crippen LogP contribution in [0.15, 0.2) is 18.2 Å². The third-order valence-corrected chi connectivity index (χ3v) is 3.65. The van der Waals surface area contributed by atoms with Crippen molar-refractivity contribution in [3.63, 3.8) is 0 Å². The fourth-order valence-electron chi connectivity index (χ4n) is 2.10. The second-order valence-corrected chi connectivity index (χ2v) is 6.79. The second kappa shape index (κ2) is 8.46. The molecule has 0 bridgehead atoms. The molecule has 1 aliphatic rings. The topological polar surface area (TPSA) is 79.5 Å². The fraction of sp³-hybridized carbons (Fsp3) is 0.529. The van der Waals surface area contributed by atoms with Crippen molar-refractivity contribution in [1.29, 1.82) is 0 Å². The number of morpholine rings is 1. The molecule has 2 amide bonds. The first-order valence-corrected chi connectivity index (χ1v) is 7.82. The zero-order chi connectivity index (χ0) is 17.0. The maximum Gasteiger partial charge on any atom is 0.254 e. The van der Waals surface area contributed by atoms with Crippen LogP contribution in [0.3, 0.4) is 0 Å². The highest BCUT2D eigenvalue weighted by molar-refractivity contribution is 5.98. The molecule has 0 saturated carbocycles. The van der Waals surface area contributed by atoms with Crippen molar-refractivity contribution in [2.45, 2.75) is 33.8 Å². The normalized spacial score (nSPS) is 17.6. The van der Waals surface area contributed by atoms with E-state index < -0.39 is 11.5 Å². The lowest BCUT2D eigenvalue weighted by Gasteiger charge is -2.23. The maximum absolute atomic E-state index is 12.2. The number of aryl methyl sites for hydroxylation is 1. The number of halogens is 1. The first kappa shape index (κ1) is 20.4. The van der Waals surface area contributed by atoms with Crippen LogP contribution in [-0.2, 0) is 14.3 Å². The van der Waals surface area contributed by atoms with Crippen molar-refractivity contribution in [3.05, 3.63) is 23.8 Å². The van der Waals surface area contributed by atoms with Gasteiger partial charge in [-0.3, -0.25) is 9.59 Å². The number of hydrogen-bond acceptors (Lipinski definition) is 4. The van der Waals surface area contributed by atoms with Gasteiger partial charge in [0, 0.05) is 29.9 Å². The van der Waals surface area contributed by atoms with Gasteiger partial charge in [0.05, 0.1) is 6.61 Å². The maximum atomic E-state index is 12.2. The molecule has 0 aromatic heterocycles. The van der Waals surface area contributed by atoms with E-state index in [0.29, 0.717) is 24.5 Å². The molecule has 1 aliphatic heterocycles. The fourth-order valence-corrected chi connectivity index (χ4v) is 2.10. The molecule has 1 unspecified atom stereocenters. The first-order chi connectivity index (χ1) is 10.8. The van der Waals surface area contributed by atoms with Crippen molar-refractivity contribution in [2.24, 2.45) is 5.41 Å². The molecule has 3 N–H and O–H groups in total. The quantitative estimate of drug-likeness (QED) is 0.777. The Morgan fingerprint density at radius 2 is 1.96 bits per heavy atom. The van der Waals surface area contributed by atoms with Crippen LogP contribution in [0.1, 0.15) is 26.3 Å². The molecule has 134 valence electrons. The SMILES string of the molecule is Cc1ccc(NC(=O)C2CNCCO2)cc1NC(=O)C(C)(C)C.Cl. The molecule has 6 nitrogen and oxygen atoms in total. The van der Waals surface area contributed by atoms with E-state index in [9.17, 15) is 9.59 Å². The molecule has 7 heteroatoms. The third kappa shape index (κ3) is 5.47. The van der Waals surface area contributed by atoms with Crippen molar-refractivity contribution < 1.29 is 14.3 Å². The van der Waals surface area contributed by atoms with E-state index in [-0.39, 0.29) is 24.2 Å². The Balaban J connectivity index is 0.00000288. The summed E-state index contributed by atoms with van der Waals surface area (Å²) in [6, 6.07) is 5.46. The number of carbonyl (C=O) groups excluding carboxylic acids is 2. The predicted molar refractivity (Wildman–Crippen MR) is 97.8 cm³/mol. The van der Waals surface area contributed by atoms with E-state index in [4.69, 9.17) is 4.74 Å². The smallest absolute Gasteiger partial charge is 0.254 e. The average molecular weight is 356 g/mol. The van der Waals surface area contributed by atoms with Gasteiger partial charge in [-0.05, 0) is 24.6 Å². The van der Waals surface area contributed by atoms with Crippen molar-refractivity contribution >= 4 is 35.6 Å². The number of nitrogens with one attached hydrogen (secondary N) is 3. The molecule has 0 aliphatic carbocycles. The molecular weight excluding hydrogens is 330 g/mol. The summed E-state index contributed by atoms with van der Waals surface area (Å²) in [4.78, 5) is 24.3. The minimum Gasteiger partial charge on any atom is -0.366 e. The number of anilines is 2. The van der Waals surface area contributed by atoms with E-state index in [2.05, 4.69) is 16.0 Å². The molecule has 1 heterocycles. The van der Waals surface area contributed by atoms with Gasteiger partial charge in [-0.25, -0.2) is 0 Å². The Kier molecular flexibility index (Phi) is 7.20. The number of benzene rings is 1. The Morgan fingerprint density at radius 3 is 2.54 bits per heavy atom. The monoisotopic (exact) mass is 355 g/mol. The number of ether oxygens (including phenoxy) is 1. The van der Waals surface area contributed by atoms with Gasteiger partial charge in [-0.1, -0.05) is 26.8 Å². The summed E-state index contributed by atoms with van der Waals surface area (Å²) in [6.07, 6.45) is -0.488. The van der Waals surface area contributed by atoms with Gasteiger partial charge in [0.2, 0.25) is 5.91 Å². The van der Waals surface area contributed by atoms with E-state index in [1.807, 2.05) is 39.8 Å². The first-order valence-electron chi connectivity index (χ1n) is 7.82. The summed E-state index contributed by atoms with van der Waals surface area (Å²) in [6.45, 7) is 9.28. The molecule has 1 saturated heterocycles. The molecule has 0 spiro atoms. The lowest BCUT2D eigenvalue weighted by atomic mass is 9.95. The Hall–Kier alpha value is -1.63. The predicted octanol–water partition coefficient (Wildman–Crippen LogP) is 2.33. The van der Waals surface area contributed by atoms with Crippen LogP contribution >= 0.6 is 12.4 Å². The van der Waals surface area contributed by atoms with Gasteiger partial charge in [0.15, 0.2) is 0 Å².